The molecule has 0 N–H and O–H groups in total. The lowest BCUT2D eigenvalue weighted by Crippen LogP contribution is -2.58. The van der Waals surface area contributed by atoms with Crippen LogP contribution in [0.4, 0.5) is 8.78 Å². The molecule has 0 radical (unpaired) electrons. The number of piperidine rings is 1. The molecule has 5 rings (SSSR count). The summed E-state index contributed by atoms with van der Waals surface area (Å²) in [6, 6.07) is 8.48. The molecule has 2 aliphatic heterocycles. The Balaban J connectivity index is 1.45. The third-order valence-corrected chi connectivity index (χ3v) is 10.5. The van der Waals surface area contributed by atoms with Crippen molar-refractivity contribution >= 4 is 11.8 Å². The molecule has 2 heterocycles. The average Bonchev–Trinajstić information content (AvgIpc) is 3.45. The van der Waals surface area contributed by atoms with Crippen LogP contribution < -0.4 is 0 Å². The van der Waals surface area contributed by atoms with Crippen LogP contribution in [0.25, 0.3) is 0 Å². The fourth-order valence-electron chi connectivity index (χ4n) is 8.08. The molecule has 0 saturated carbocycles. The van der Waals surface area contributed by atoms with Gasteiger partial charge in [0, 0.05) is 68.1 Å². The van der Waals surface area contributed by atoms with Crippen molar-refractivity contribution in [2.45, 2.75) is 104 Å². The Morgan fingerprint density at radius 1 is 1.00 bits per heavy atom. The van der Waals surface area contributed by atoms with Gasteiger partial charge in [0.1, 0.15) is 11.6 Å². The van der Waals surface area contributed by atoms with Crippen molar-refractivity contribution in [1.29, 1.82) is 0 Å². The van der Waals surface area contributed by atoms with E-state index < -0.39 is 17.6 Å². The van der Waals surface area contributed by atoms with Crippen molar-refractivity contribution in [3.05, 3.63) is 69.8 Å². The number of halogens is 2. The van der Waals surface area contributed by atoms with E-state index in [1.165, 1.54) is 34.4 Å². The first-order valence-corrected chi connectivity index (χ1v) is 15.5. The number of hydrogen-bond donors (Lipinski definition) is 0. The van der Waals surface area contributed by atoms with Gasteiger partial charge in [0.05, 0.1) is 5.92 Å². The second kappa shape index (κ2) is 11.0. The van der Waals surface area contributed by atoms with Gasteiger partial charge in [0.25, 0.3) is 0 Å². The Morgan fingerprint density at radius 2 is 1.64 bits per heavy atom. The second-order valence-corrected chi connectivity index (χ2v) is 14.3. The van der Waals surface area contributed by atoms with E-state index in [9.17, 15) is 14.0 Å². The molecule has 0 aromatic heterocycles. The highest BCUT2D eigenvalue weighted by atomic mass is 19.1. The van der Waals surface area contributed by atoms with Crippen LogP contribution in [-0.4, -0.2) is 70.3 Å². The second-order valence-electron chi connectivity index (χ2n) is 14.3. The van der Waals surface area contributed by atoms with E-state index in [1.807, 2.05) is 4.90 Å². The minimum absolute atomic E-state index is 0.0485. The molecule has 2 aromatic carbocycles. The van der Waals surface area contributed by atoms with Crippen LogP contribution >= 0.6 is 0 Å². The molecule has 228 valence electrons. The zero-order chi connectivity index (χ0) is 30.7. The summed E-state index contributed by atoms with van der Waals surface area (Å²) in [5.74, 6) is -1.80. The largest absolute Gasteiger partial charge is 0.342 e. The number of benzene rings is 2. The van der Waals surface area contributed by atoms with Crippen LogP contribution in [-0.2, 0) is 21.4 Å². The summed E-state index contributed by atoms with van der Waals surface area (Å²) in [4.78, 5) is 33.5. The number of carbonyl (C=O) groups is 2. The van der Waals surface area contributed by atoms with E-state index in [-0.39, 0.29) is 40.8 Å². The zero-order valence-electron chi connectivity index (χ0n) is 26.6. The molecule has 1 aliphatic carbocycles. The minimum atomic E-state index is -0.607. The van der Waals surface area contributed by atoms with Crippen molar-refractivity contribution < 1.29 is 18.4 Å². The first-order chi connectivity index (χ1) is 19.6. The lowest BCUT2D eigenvalue weighted by molar-refractivity contribution is -0.140. The Morgan fingerprint density at radius 3 is 2.21 bits per heavy atom. The van der Waals surface area contributed by atoms with E-state index in [4.69, 9.17) is 0 Å². The molecule has 2 amide bonds. The van der Waals surface area contributed by atoms with E-state index in [1.54, 1.807) is 6.92 Å². The molecular formula is C35H47F2N3O2. The van der Waals surface area contributed by atoms with Gasteiger partial charge in [0.2, 0.25) is 11.8 Å². The maximum absolute atomic E-state index is 15.0. The van der Waals surface area contributed by atoms with Crippen molar-refractivity contribution in [3.8, 4) is 0 Å². The van der Waals surface area contributed by atoms with Crippen molar-refractivity contribution in [1.82, 2.24) is 14.7 Å². The predicted octanol–water partition coefficient (Wildman–Crippen LogP) is 6.14. The third-order valence-electron chi connectivity index (χ3n) is 10.5. The van der Waals surface area contributed by atoms with Gasteiger partial charge in [0.15, 0.2) is 0 Å². The van der Waals surface area contributed by atoms with Gasteiger partial charge in [-0.05, 0) is 102 Å². The van der Waals surface area contributed by atoms with E-state index >= 15 is 4.39 Å². The van der Waals surface area contributed by atoms with Crippen LogP contribution in [0.2, 0.25) is 0 Å². The Bertz CT molecular complexity index is 1370. The maximum atomic E-state index is 15.0. The highest BCUT2D eigenvalue weighted by molar-refractivity contribution is 5.81. The van der Waals surface area contributed by atoms with Crippen molar-refractivity contribution in [2.75, 3.05) is 26.2 Å². The number of nitrogens with zero attached hydrogens (tertiary/aromatic N) is 3. The van der Waals surface area contributed by atoms with Crippen LogP contribution in [0.5, 0.6) is 0 Å². The summed E-state index contributed by atoms with van der Waals surface area (Å²) in [7, 11) is 0. The van der Waals surface area contributed by atoms with Gasteiger partial charge >= 0.3 is 0 Å². The molecule has 0 bridgehead atoms. The van der Waals surface area contributed by atoms with Crippen LogP contribution in [0.15, 0.2) is 30.3 Å². The van der Waals surface area contributed by atoms with Crippen molar-refractivity contribution in [3.63, 3.8) is 0 Å². The molecule has 42 heavy (non-hydrogen) atoms. The topological polar surface area (TPSA) is 43.9 Å². The molecule has 3 aliphatic rings. The quantitative estimate of drug-likeness (QED) is 0.437. The minimum Gasteiger partial charge on any atom is -0.342 e. The van der Waals surface area contributed by atoms with Crippen LogP contribution in [0, 0.1) is 31.4 Å². The Labute approximate surface area is 250 Å². The number of fused-ring (bicyclic) bond motifs is 2. The lowest BCUT2D eigenvalue weighted by Gasteiger charge is -2.49. The summed E-state index contributed by atoms with van der Waals surface area (Å²) < 4.78 is 28.8. The number of rotatable bonds is 4. The molecule has 2 saturated heterocycles. The fourth-order valence-corrected chi connectivity index (χ4v) is 8.08. The normalized spacial score (nSPS) is 24.0. The number of likely N-dealkylation sites (tertiary alicyclic amines) is 2. The van der Waals surface area contributed by atoms with E-state index in [2.05, 4.69) is 70.4 Å². The highest BCUT2D eigenvalue weighted by Gasteiger charge is 2.53. The SMILES string of the molecule is CC(=O)N(C(C)C)C1Cc2cc(C)c(C)cc2C12CCN(C(=O)C1CN(C(C)(C)C)C[C@H]1c1ccc(F)cc1F)CC2. The molecule has 1 spiro atoms. The standard InChI is InChI=1S/C35H47F2N3O2/c1-21(2)40(24(5)41)32-17-25-15-22(3)23(4)16-30(25)35(32)11-13-38(14-12-35)33(42)29-20-39(34(6,7)8)19-28(29)27-10-9-26(36)18-31(27)37/h9-10,15-16,18,21,28-29,32H,11-14,17,19-20H2,1-8H3/t28-,29?,32?/m0/s1. The van der Waals surface area contributed by atoms with Gasteiger partial charge < -0.3 is 9.80 Å². The monoisotopic (exact) mass is 579 g/mol. The molecule has 3 atom stereocenters. The van der Waals surface area contributed by atoms with Crippen molar-refractivity contribution in [2.24, 2.45) is 5.92 Å². The van der Waals surface area contributed by atoms with Gasteiger partial charge in [-0.3, -0.25) is 14.5 Å². The highest BCUT2D eigenvalue weighted by Crippen LogP contribution is 2.50. The molecule has 5 nitrogen and oxygen atoms in total. The molecule has 7 heteroatoms. The molecule has 2 fully saturated rings. The smallest absolute Gasteiger partial charge is 0.227 e. The summed E-state index contributed by atoms with van der Waals surface area (Å²) in [5, 5.41) is 0. The molecule has 2 aromatic rings. The van der Waals surface area contributed by atoms with Crippen LogP contribution in [0.3, 0.4) is 0 Å². The summed E-state index contributed by atoms with van der Waals surface area (Å²) in [6.07, 6.45) is 2.39. The summed E-state index contributed by atoms with van der Waals surface area (Å²) >= 11 is 0. The molecular weight excluding hydrogens is 532 g/mol. The number of amides is 2. The van der Waals surface area contributed by atoms with Gasteiger partial charge in [-0.25, -0.2) is 8.78 Å². The Hall–Kier alpha value is -2.80. The van der Waals surface area contributed by atoms with E-state index in [0.29, 0.717) is 31.7 Å². The number of aryl methyl sites for hydroxylation is 2. The van der Waals surface area contributed by atoms with Gasteiger partial charge in [-0.2, -0.15) is 0 Å². The summed E-state index contributed by atoms with van der Waals surface area (Å²) in [6.45, 7) is 18.7. The number of hydrogen-bond acceptors (Lipinski definition) is 3. The Kier molecular flexibility index (Phi) is 8.06. The first kappa shape index (κ1) is 30.7. The first-order valence-electron chi connectivity index (χ1n) is 15.5. The predicted molar refractivity (Wildman–Crippen MR) is 162 cm³/mol. The van der Waals surface area contributed by atoms with Gasteiger partial charge in [-0.15, -0.1) is 0 Å². The van der Waals surface area contributed by atoms with Crippen LogP contribution in [0.1, 0.15) is 88.1 Å². The molecule has 2 unspecified atom stereocenters. The number of carbonyl (C=O) groups excluding carboxylic acids is 2. The summed E-state index contributed by atoms with van der Waals surface area (Å²) in [5.41, 5.74) is 5.19. The van der Waals surface area contributed by atoms with Gasteiger partial charge in [-0.1, -0.05) is 18.2 Å². The average molecular weight is 580 g/mol. The zero-order valence-corrected chi connectivity index (χ0v) is 26.6. The maximum Gasteiger partial charge on any atom is 0.227 e. The third kappa shape index (κ3) is 5.27. The lowest BCUT2D eigenvalue weighted by atomic mass is 9.69. The fraction of sp³-hybridized carbons (Fsp3) is 0.600. The van der Waals surface area contributed by atoms with E-state index in [0.717, 1.165) is 25.3 Å².